The lowest BCUT2D eigenvalue weighted by Gasteiger charge is -2.08. The molecule has 0 saturated heterocycles. The number of carbonyl (C=O) groups excluding carboxylic acids is 1. The number of thiazole rings is 1. The summed E-state index contributed by atoms with van der Waals surface area (Å²) in [5.74, 6) is -0.741. The Morgan fingerprint density at radius 2 is 1.96 bits per heavy atom. The Kier molecular flexibility index (Phi) is 5.50. The van der Waals surface area contributed by atoms with Gasteiger partial charge in [0.15, 0.2) is 5.13 Å². The van der Waals surface area contributed by atoms with E-state index in [-0.39, 0.29) is 16.9 Å². The van der Waals surface area contributed by atoms with E-state index in [4.69, 9.17) is 0 Å². The summed E-state index contributed by atoms with van der Waals surface area (Å²) in [4.78, 5) is 28.7. The van der Waals surface area contributed by atoms with Crippen molar-refractivity contribution in [2.75, 3.05) is 5.32 Å². The Balaban J connectivity index is 1.63. The number of nitrogens with one attached hydrogen (secondary N) is 1. The van der Waals surface area contributed by atoms with E-state index in [0.29, 0.717) is 11.6 Å². The smallest absolute Gasteiger partial charge is 0.406 e. The quantitative estimate of drug-likeness (QED) is 0.699. The van der Waals surface area contributed by atoms with E-state index in [1.54, 1.807) is 13.2 Å². The van der Waals surface area contributed by atoms with E-state index in [2.05, 4.69) is 15.0 Å². The van der Waals surface area contributed by atoms with Crippen LogP contribution in [0.15, 0.2) is 53.6 Å². The van der Waals surface area contributed by atoms with E-state index >= 15 is 0 Å². The number of rotatable bonds is 5. The topological polar surface area (TPSA) is 73.2 Å². The highest BCUT2D eigenvalue weighted by atomic mass is 32.1. The Morgan fingerprint density at radius 3 is 2.61 bits per heavy atom. The summed E-state index contributed by atoms with van der Waals surface area (Å²) in [6.45, 7) is 0. The molecule has 28 heavy (non-hydrogen) atoms. The van der Waals surface area contributed by atoms with Gasteiger partial charge in [-0.25, -0.2) is 4.98 Å². The molecule has 0 aliphatic heterocycles. The standard InChI is InChI=1S/C18H14F3N3O3S/c1-24-7-6-12(9-15(24)25)16(26)23-17-22-10-14(28-17)8-11-2-4-13(5-3-11)27-18(19,20)21/h2-7,9-10H,8H2,1H3,(H,22,23,26). The Morgan fingerprint density at radius 1 is 1.25 bits per heavy atom. The van der Waals surface area contributed by atoms with Gasteiger partial charge in [-0.05, 0) is 23.8 Å². The van der Waals surface area contributed by atoms with Crippen molar-refractivity contribution in [2.45, 2.75) is 12.8 Å². The highest BCUT2D eigenvalue weighted by molar-refractivity contribution is 7.15. The molecule has 3 rings (SSSR count). The van der Waals surface area contributed by atoms with E-state index in [1.165, 1.54) is 58.5 Å². The molecular weight excluding hydrogens is 395 g/mol. The monoisotopic (exact) mass is 409 g/mol. The summed E-state index contributed by atoms with van der Waals surface area (Å²) in [6.07, 6.45) is -1.22. The zero-order chi connectivity index (χ0) is 20.3. The van der Waals surface area contributed by atoms with Crippen molar-refractivity contribution in [1.29, 1.82) is 0 Å². The third kappa shape index (κ3) is 5.19. The van der Waals surface area contributed by atoms with E-state index in [9.17, 15) is 22.8 Å². The van der Waals surface area contributed by atoms with E-state index in [0.717, 1.165) is 10.4 Å². The maximum Gasteiger partial charge on any atom is 0.573 e. The molecule has 3 aromatic rings. The summed E-state index contributed by atoms with van der Waals surface area (Å²) in [5, 5.41) is 2.98. The maximum absolute atomic E-state index is 12.2. The molecule has 146 valence electrons. The summed E-state index contributed by atoms with van der Waals surface area (Å²) in [7, 11) is 1.58. The van der Waals surface area contributed by atoms with Crippen molar-refractivity contribution in [3.05, 3.63) is 75.1 Å². The molecule has 0 aliphatic rings. The molecule has 1 aromatic carbocycles. The van der Waals surface area contributed by atoms with Crippen LogP contribution in [0.2, 0.25) is 0 Å². The molecule has 0 fully saturated rings. The number of hydrogen-bond acceptors (Lipinski definition) is 5. The van der Waals surface area contributed by atoms with E-state index in [1.807, 2.05) is 0 Å². The number of hydrogen-bond donors (Lipinski definition) is 1. The molecule has 0 aliphatic carbocycles. The van der Waals surface area contributed by atoms with Crippen LogP contribution in [0, 0.1) is 0 Å². The number of alkyl halides is 3. The summed E-state index contributed by atoms with van der Waals surface area (Å²) < 4.78 is 41.7. The van der Waals surface area contributed by atoms with Gasteiger partial charge in [0.25, 0.3) is 11.5 Å². The fourth-order valence-corrected chi connectivity index (χ4v) is 3.16. The van der Waals surface area contributed by atoms with Crippen molar-refractivity contribution in [2.24, 2.45) is 7.05 Å². The van der Waals surface area contributed by atoms with Gasteiger partial charge >= 0.3 is 6.36 Å². The molecule has 0 bridgehead atoms. The molecule has 0 atom stereocenters. The van der Waals surface area contributed by atoms with E-state index < -0.39 is 12.3 Å². The number of anilines is 1. The second-order valence-electron chi connectivity index (χ2n) is 5.82. The molecule has 1 amide bonds. The molecule has 6 nitrogen and oxygen atoms in total. The summed E-state index contributed by atoms with van der Waals surface area (Å²) in [5.41, 5.74) is 0.688. The van der Waals surface area contributed by atoms with Crippen LogP contribution in [0.1, 0.15) is 20.8 Å². The number of halogens is 3. The maximum atomic E-state index is 12.2. The fourth-order valence-electron chi connectivity index (χ4n) is 2.32. The first kappa shape index (κ1) is 19.6. The summed E-state index contributed by atoms with van der Waals surface area (Å²) in [6, 6.07) is 8.28. The zero-order valence-electron chi connectivity index (χ0n) is 14.5. The van der Waals surface area contributed by atoms with Crippen molar-refractivity contribution in [1.82, 2.24) is 9.55 Å². The Bertz CT molecular complexity index is 1040. The molecule has 10 heteroatoms. The second-order valence-corrected chi connectivity index (χ2v) is 6.93. The summed E-state index contributed by atoms with van der Waals surface area (Å²) >= 11 is 1.23. The predicted molar refractivity (Wildman–Crippen MR) is 97.7 cm³/mol. The lowest BCUT2D eigenvalue weighted by atomic mass is 10.1. The second kappa shape index (κ2) is 7.85. The minimum Gasteiger partial charge on any atom is -0.406 e. The van der Waals surface area contributed by atoms with Crippen LogP contribution in [0.5, 0.6) is 5.75 Å². The number of nitrogens with zero attached hydrogens (tertiary/aromatic N) is 2. The van der Waals surface area contributed by atoms with Gasteiger partial charge < -0.3 is 9.30 Å². The van der Waals surface area contributed by atoms with Crippen molar-refractivity contribution >= 4 is 22.4 Å². The predicted octanol–water partition coefficient (Wildman–Crippen LogP) is 3.58. The van der Waals surface area contributed by atoms with Crippen LogP contribution < -0.4 is 15.6 Å². The van der Waals surface area contributed by atoms with Crippen LogP contribution in [-0.2, 0) is 13.5 Å². The molecule has 0 spiro atoms. The Hall–Kier alpha value is -3.14. The molecule has 0 saturated carbocycles. The average Bonchev–Trinajstić information content (AvgIpc) is 3.04. The van der Waals surface area contributed by atoms with Crippen LogP contribution >= 0.6 is 11.3 Å². The lowest BCUT2D eigenvalue weighted by Crippen LogP contribution is -2.19. The van der Waals surface area contributed by atoms with Gasteiger partial charge in [-0.2, -0.15) is 0 Å². The number of aryl methyl sites for hydroxylation is 1. The number of amides is 1. The van der Waals surface area contributed by atoms with Crippen molar-refractivity contribution in [3.63, 3.8) is 0 Å². The third-order valence-corrected chi connectivity index (χ3v) is 4.59. The van der Waals surface area contributed by atoms with Gasteiger partial charge in [-0.3, -0.25) is 14.9 Å². The number of benzene rings is 1. The van der Waals surface area contributed by atoms with Gasteiger partial charge in [0.05, 0.1) is 0 Å². The van der Waals surface area contributed by atoms with Crippen molar-refractivity contribution in [3.8, 4) is 5.75 Å². The van der Waals surface area contributed by atoms with Crippen LogP contribution in [0.25, 0.3) is 0 Å². The normalized spacial score (nSPS) is 11.3. The molecule has 2 aromatic heterocycles. The average molecular weight is 409 g/mol. The molecule has 2 heterocycles. The fraction of sp³-hybridized carbons (Fsp3) is 0.167. The molecular formula is C18H14F3N3O3S. The van der Waals surface area contributed by atoms with Gasteiger partial charge in [-0.1, -0.05) is 12.1 Å². The van der Waals surface area contributed by atoms with Crippen LogP contribution in [0.4, 0.5) is 18.3 Å². The number of pyridine rings is 1. The van der Waals surface area contributed by atoms with Gasteiger partial charge in [0, 0.05) is 42.4 Å². The minimum absolute atomic E-state index is 0.222. The highest BCUT2D eigenvalue weighted by Crippen LogP contribution is 2.25. The molecule has 1 N–H and O–H groups in total. The first-order valence-corrected chi connectivity index (χ1v) is 8.79. The highest BCUT2D eigenvalue weighted by Gasteiger charge is 2.30. The Labute approximate surface area is 161 Å². The van der Waals surface area contributed by atoms with Crippen LogP contribution in [0.3, 0.4) is 0 Å². The minimum atomic E-state index is -4.73. The number of carbonyl (C=O) groups is 1. The van der Waals surface area contributed by atoms with Gasteiger partial charge in [0.2, 0.25) is 0 Å². The van der Waals surface area contributed by atoms with Gasteiger partial charge in [0.1, 0.15) is 5.75 Å². The zero-order valence-corrected chi connectivity index (χ0v) is 15.3. The third-order valence-electron chi connectivity index (χ3n) is 3.68. The largest absolute Gasteiger partial charge is 0.573 e. The molecule has 0 unspecified atom stereocenters. The number of aromatic nitrogens is 2. The van der Waals surface area contributed by atoms with Crippen molar-refractivity contribution < 1.29 is 22.7 Å². The lowest BCUT2D eigenvalue weighted by molar-refractivity contribution is -0.274. The first-order chi connectivity index (χ1) is 13.2. The number of ether oxygens (including phenoxy) is 1. The SMILES string of the molecule is Cn1ccc(C(=O)Nc2ncc(Cc3ccc(OC(F)(F)F)cc3)s2)cc1=O. The van der Waals surface area contributed by atoms with Gasteiger partial charge in [-0.15, -0.1) is 24.5 Å². The van der Waals surface area contributed by atoms with Crippen LogP contribution in [-0.4, -0.2) is 21.8 Å². The first-order valence-electron chi connectivity index (χ1n) is 7.97. The molecule has 0 radical (unpaired) electrons.